The number of nitrogens with two attached hydrogens (primary N) is 1. The van der Waals surface area contributed by atoms with Crippen LogP contribution in [0.1, 0.15) is 44.1 Å². The summed E-state index contributed by atoms with van der Waals surface area (Å²) in [7, 11) is 0. The average Bonchev–Trinajstić information content (AvgIpc) is 3.20. The van der Waals surface area contributed by atoms with E-state index in [0.29, 0.717) is 34.9 Å². The zero-order chi connectivity index (χ0) is 20.8. The van der Waals surface area contributed by atoms with Gasteiger partial charge < -0.3 is 20.4 Å². The van der Waals surface area contributed by atoms with Gasteiger partial charge >= 0.3 is 12.2 Å². The highest BCUT2D eigenvalue weighted by Crippen LogP contribution is 2.33. The maximum absolute atomic E-state index is 12.8. The summed E-state index contributed by atoms with van der Waals surface area (Å²) in [4.78, 5) is 17.5. The number of carbonyl (C=O) groups is 1. The topological polar surface area (TPSA) is 84.4 Å². The van der Waals surface area contributed by atoms with Gasteiger partial charge in [-0.1, -0.05) is 13.0 Å². The lowest BCUT2D eigenvalue weighted by Gasteiger charge is -2.35. The fourth-order valence-electron chi connectivity index (χ4n) is 4.14. The number of oxazole rings is 1. The number of urea groups is 1. The van der Waals surface area contributed by atoms with Crippen molar-refractivity contribution >= 4 is 17.1 Å². The minimum atomic E-state index is -4.45. The molecule has 1 aromatic carbocycles. The van der Waals surface area contributed by atoms with E-state index in [1.54, 1.807) is 18.2 Å². The number of benzene rings is 1. The van der Waals surface area contributed by atoms with E-state index < -0.39 is 24.8 Å². The van der Waals surface area contributed by atoms with Crippen molar-refractivity contribution in [3.63, 3.8) is 0 Å². The quantitative estimate of drug-likeness (QED) is 0.804. The van der Waals surface area contributed by atoms with Gasteiger partial charge in [-0.15, -0.1) is 0 Å². The fraction of sp³-hybridized carbons (Fsp3) is 0.600. The van der Waals surface area contributed by atoms with Gasteiger partial charge in [-0.05, 0) is 49.3 Å². The average molecular weight is 410 g/mol. The third-order valence-corrected chi connectivity index (χ3v) is 6.03. The second-order valence-electron chi connectivity index (χ2n) is 8.56. The first-order valence-electron chi connectivity index (χ1n) is 9.91. The van der Waals surface area contributed by atoms with Crippen LogP contribution in [0.5, 0.6) is 0 Å². The molecule has 2 fully saturated rings. The van der Waals surface area contributed by atoms with Crippen molar-refractivity contribution in [2.45, 2.75) is 63.3 Å². The molecule has 2 aromatic rings. The molecule has 1 aromatic heterocycles. The minimum absolute atomic E-state index is 0.0786. The molecule has 29 heavy (non-hydrogen) atoms. The zero-order valence-corrected chi connectivity index (χ0v) is 16.3. The highest BCUT2D eigenvalue weighted by atomic mass is 19.4. The molecular weight excluding hydrogens is 385 g/mol. The molecule has 1 aliphatic heterocycles. The Kier molecular flexibility index (Phi) is 4.96. The van der Waals surface area contributed by atoms with E-state index in [4.69, 9.17) is 10.2 Å². The molecular formula is C20H25F3N4O2. The Hall–Kier alpha value is -2.29. The predicted molar refractivity (Wildman–Crippen MR) is 101 cm³/mol. The Bertz CT molecular complexity index is 903. The Morgan fingerprint density at radius 3 is 2.72 bits per heavy atom. The van der Waals surface area contributed by atoms with Crippen molar-refractivity contribution < 1.29 is 22.4 Å². The molecule has 2 heterocycles. The van der Waals surface area contributed by atoms with Crippen molar-refractivity contribution in [3.8, 4) is 0 Å². The number of carbonyl (C=O) groups excluding carboxylic acids is 1. The van der Waals surface area contributed by atoms with Crippen molar-refractivity contribution in [1.29, 1.82) is 0 Å². The fourth-order valence-corrected chi connectivity index (χ4v) is 4.14. The summed E-state index contributed by atoms with van der Waals surface area (Å²) in [6.07, 6.45) is 0.163. The van der Waals surface area contributed by atoms with Gasteiger partial charge in [0.15, 0.2) is 11.5 Å². The van der Waals surface area contributed by atoms with E-state index in [2.05, 4.69) is 11.9 Å². The van der Waals surface area contributed by atoms with Crippen LogP contribution >= 0.6 is 0 Å². The first kappa shape index (κ1) is 20.0. The molecule has 2 amide bonds. The van der Waals surface area contributed by atoms with Crippen LogP contribution in [-0.2, 0) is 13.0 Å². The molecule has 3 N–H and O–H groups in total. The van der Waals surface area contributed by atoms with Gasteiger partial charge in [0.1, 0.15) is 11.6 Å². The van der Waals surface area contributed by atoms with Crippen LogP contribution in [0.4, 0.5) is 18.0 Å². The summed E-state index contributed by atoms with van der Waals surface area (Å²) in [5.41, 5.74) is 8.15. The van der Waals surface area contributed by atoms with Crippen molar-refractivity contribution in [2.24, 2.45) is 11.7 Å². The summed E-state index contributed by atoms with van der Waals surface area (Å²) in [5.74, 6) is 1.27. The van der Waals surface area contributed by atoms with Gasteiger partial charge in [-0.25, -0.2) is 9.78 Å². The molecule has 6 nitrogen and oxygen atoms in total. The van der Waals surface area contributed by atoms with E-state index in [1.807, 2.05) is 5.32 Å². The third kappa shape index (κ3) is 4.34. The third-order valence-electron chi connectivity index (χ3n) is 6.03. The lowest BCUT2D eigenvalue weighted by atomic mass is 9.76. The Balaban J connectivity index is 1.45. The number of hydrogen-bond acceptors (Lipinski definition) is 4. The highest BCUT2D eigenvalue weighted by Gasteiger charge is 2.46. The lowest BCUT2D eigenvalue weighted by molar-refractivity contribution is -0.149. The normalized spacial score (nSPS) is 28.2. The predicted octanol–water partition coefficient (Wildman–Crippen LogP) is 3.73. The van der Waals surface area contributed by atoms with E-state index >= 15 is 0 Å². The van der Waals surface area contributed by atoms with Crippen LogP contribution in [0.15, 0.2) is 22.6 Å². The van der Waals surface area contributed by atoms with Crippen LogP contribution in [-0.4, -0.2) is 40.2 Å². The van der Waals surface area contributed by atoms with Crippen molar-refractivity contribution in [3.05, 3.63) is 29.7 Å². The van der Waals surface area contributed by atoms with Gasteiger partial charge in [0, 0.05) is 18.5 Å². The molecule has 1 saturated carbocycles. The minimum Gasteiger partial charge on any atom is -0.441 e. The monoisotopic (exact) mass is 410 g/mol. The Labute approximate surface area is 166 Å². The Morgan fingerprint density at radius 2 is 2.07 bits per heavy atom. The van der Waals surface area contributed by atoms with Gasteiger partial charge in [0.25, 0.3) is 0 Å². The van der Waals surface area contributed by atoms with Crippen LogP contribution < -0.4 is 11.1 Å². The molecule has 1 aliphatic carbocycles. The lowest BCUT2D eigenvalue weighted by Crippen LogP contribution is -2.45. The molecule has 158 valence electrons. The number of nitrogens with one attached hydrogen (secondary N) is 1. The van der Waals surface area contributed by atoms with Gasteiger partial charge in [-0.2, -0.15) is 13.2 Å². The zero-order valence-electron chi connectivity index (χ0n) is 16.3. The van der Waals surface area contributed by atoms with Gasteiger partial charge in [0.05, 0.1) is 6.54 Å². The number of alkyl halides is 3. The maximum Gasteiger partial charge on any atom is 0.410 e. The summed E-state index contributed by atoms with van der Waals surface area (Å²) in [6.45, 7) is 1.91. The summed E-state index contributed by atoms with van der Waals surface area (Å²) in [5, 5.41) is 1.97. The molecule has 1 saturated heterocycles. The molecule has 2 aliphatic rings. The molecule has 0 radical (unpaired) electrons. The molecule has 4 rings (SSSR count). The number of fused-ring (bicyclic) bond motifs is 1. The number of amides is 2. The van der Waals surface area contributed by atoms with Crippen LogP contribution in [0.2, 0.25) is 0 Å². The standard InChI is InChI=1S/C20H25F3N4O2/c1-12-4-6-19(24,7-5-12)9-17-25-14-8-13(2-3-15(14)29-17)10-27-11-16(20(21,22)23)26-18(27)28/h2-3,8,12,16H,4-7,9-11,24H2,1H3,(H,26,28)/t12?,16-,19?/m0/s1. The maximum atomic E-state index is 12.8. The van der Waals surface area contributed by atoms with E-state index in [1.165, 1.54) is 0 Å². The number of aromatic nitrogens is 1. The second kappa shape index (κ2) is 7.19. The molecule has 1 atom stereocenters. The molecule has 9 heteroatoms. The number of nitrogens with zero attached hydrogens (tertiary/aromatic N) is 2. The van der Waals surface area contributed by atoms with Crippen LogP contribution in [0.3, 0.4) is 0 Å². The largest absolute Gasteiger partial charge is 0.441 e. The number of halogens is 3. The van der Waals surface area contributed by atoms with Crippen molar-refractivity contribution in [1.82, 2.24) is 15.2 Å². The molecule has 0 bridgehead atoms. The van der Waals surface area contributed by atoms with Crippen LogP contribution in [0.25, 0.3) is 11.1 Å². The van der Waals surface area contributed by atoms with E-state index in [9.17, 15) is 18.0 Å². The van der Waals surface area contributed by atoms with Gasteiger partial charge in [0.2, 0.25) is 0 Å². The van der Waals surface area contributed by atoms with Gasteiger partial charge in [-0.3, -0.25) is 0 Å². The first-order chi connectivity index (χ1) is 13.6. The van der Waals surface area contributed by atoms with Crippen LogP contribution in [0, 0.1) is 5.92 Å². The first-order valence-corrected chi connectivity index (χ1v) is 9.91. The SMILES string of the molecule is CC1CCC(N)(Cc2nc3cc(CN4C[C@@H](C(F)(F)F)NC4=O)ccc3o2)CC1. The smallest absolute Gasteiger partial charge is 0.410 e. The van der Waals surface area contributed by atoms with Crippen molar-refractivity contribution in [2.75, 3.05) is 6.54 Å². The Morgan fingerprint density at radius 1 is 1.34 bits per heavy atom. The second-order valence-corrected chi connectivity index (χ2v) is 8.56. The number of hydrogen-bond donors (Lipinski definition) is 2. The highest BCUT2D eigenvalue weighted by molar-refractivity contribution is 5.77. The van der Waals surface area contributed by atoms with E-state index in [-0.39, 0.29) is 12.1 Å². The number of rotatable bonds is 4. The van der Waals surface area contributed by atoms with E-state index in [0.717, 1.165) is 30.6 Å². The molecule has 0 spiro atoms. The summed E-state index contributed by atoms with van der Waals surface area (Å²) >= 11 is 0. The molecule has 0 unspecified atom stereocenters. The summed E-state index contributed by atoms with van der Waals surface area (Å²) < 4.78 is 44.3. The summed E-state index contributed by atoms with van der Waals surface area (Å²) in [6, 6.07) is 2.68.